The predicted octanol–water partition coefficient (Wildman–Crippen LogP) is 5.13. The van der Waals surface area contributed by atoms with E-state index in [1.165, 1.54) is 0 Å². The van der Waals surface area contributed by atoms with Crippen molar-refractivity contribution in [3.05, 3.63) is 77.4 Å². The lowest BCUT2D eigenvalue weighted by atomic mass is 9.96. The Hall–Kier alpha value is -2.79. The highest BCUT2D eigenvalue weighted by molar-refractivity contribution is 7.91. The minimum absolute atomic E-state index is 0.0108. The van der Waals surface area contributed by atoms with E-state index in [-0.39, 0.29) is 5.75 Å². The number of rotatable bonds is 7. The summed E-state index contributed by atoms with van der Waals surface area (Å²) in [6, 6.07) is 16.5. The fourth-order valence-electron chi connectivity index (χ4n) is 3.64. The van der Waals surface area contributed by atoms with Crippen LogP contribution in [0.15, 0.2) is 71.1 Å². The molecule has 0 heterocycles. The molecule has 3 aromatic rings. The Morgan fingerprint density at radius 1 is 0.897 bits per heavy atom. The minimum Gasteiger partial charge on any atom is -0.496 e. The SMILES string of the molecule is COc1c(C)c(C/C=C(\C)CS(=O)(=O)c2ccccc2)c(OC)c2ccccc12. The molecule has 0 atom stereocenters. The standard InChI is InChI=1S/C24H26O4S/c1-17(16-29(25,26)19-10-6-5-7-11-19)14-15-20-18(2)23(27-3)21-12-8-9-13-22(21)24(20)28-4/h5-14H,15-16H2,1-4H3/b17-14+. The van der Waals surface area contributed by atoms with Gasteiger partial charge in [0.05, 0.1) is 24.9 Å². The molecule has 0 amide bonds. The van der Waals surface area contributed by atoms with Crippen LogP contribution < -0.4 is 9.47 Å². The zero-order chi connectivity index (χ0) is 21.0. The van der Waals surface area contributed by atoms with Crippen LogP contribution in [0.2, 0.25) is 0 Å². The Bertz CT molecular complexity index is 1150. The second-order valence-electron chi connectivity index (χ2n) is 7.04. The molecule has 0 aromatic heterocycles. The zero-order valence-electron chi connectivity index (χ0n) is 17.2. The number of sulfone groups is 1. The highest BCUT2D eigenvalue weighted by atomic mass is 32.2. The molecule has 0 fully saturated rings. The predicted molar refractivity (Wildman–Crippen MR) is 118 cm³/mol. The maximum atomic E-state index is 12.6. The van der Waals surface area contributed by atoms with Crippen LogP contribution in [0.3, 0.4) is 0 Å². The van der Waals surface area contributed by atoms with E-state index in [1.807, 2.05) is 50.3 Å². The average molecular weight is 411 g/mol. The van der Waals surface area contributed by atoms with Crippen LogP contribution in [0.25, 0.3) is 10.8 Å². The summed E-state index contributed by atoms with van der Waals surface area (Å²) in [7, 11) is -0.0359. The largest absolute Gasteiger partial charge is 0.496 e. The number of benzene rings is 3. The van der Waals surface area contributed by atoms with Gasteiger partial charge in [-0.15, -0.1) is 0 Å². The topological polar surface area (TPSA) is 52.6 Å². The quantitative estimate of drug-likeness (QED) is 0.507. The lowest BCUT2D eigenvalue weighted by molar-refractivity contribution is 0.404. The van der Waals surface area contributed by atoms with Crippen molar-refractivity contribution < 1.29 is 17.9 Å². The van der Waals surface area contributed by atoms with Gasteiger partial charge in [0.1, 0.15) is 11.5 Å². The molecule has 0 aliphatic heterocycles. The molecule has 4 nitrogen and oxygen atoms in total. The molecular weight excluding hydrogens is 384 g/mol. The first-order valence-corrected chi connectivity index (χ1v) is 11.1. The van der Waals surface area contributed by atoms with Crippen molar-refractivity contribution in [1.82, 2.24) is 0 Å². The highest BCUT2D eigenvalue weighted by Crippen LogP contribution is 2.40. The van der Waals surface area contributed by atoms with Gasteiger partial charge in [0.15, 0.2) is 9.84 Å². The summed E-state index contributed by atoms with van der Waals surface area (Å²) >= 11 is 0. The van der Waals surface area contributed by atoms with Crippen LogP contribution >= 0.6 is 0 Å². The van der Waals surface area contributed by atoms with E-state index in [2.05, 4.69) is 0 Å². The molecule has 29 heavy (non-hydrogen) atoms. The maximum Gasteiger partial charge on any atom is 0.182 e. The molecule has 0 aliphatic carbocycles. The van der Waals surface area contributed by atoms with Crippen molar-refractivity contribution in [2.24, 2.45) is 0 Å². The Kier molecular flexibility index (Phi) is 6.28. The Labute approximate surface area is 172 Å². The molecule has 0 unspecified atom stereocenters. The lowest BCUT2D eigenvalue weighted by Crippen LogP contribution is -2.08. The van der Waals surface area contributed by atoms with Crippen LogP contribution in [0.4, 0.5) is 0 Å². The van der Waals surface area contributed by atoms with Crippen molar-refractivity contribution in [3.63, 3.8) is 0 Å². The Morgan fingerprint density at radius 3 is 2.03 bits per heavy atom. The second kappa shape index (κ2) is 8.70. The Morgan fingerprint density at radius 2 is 1.45 bits per heavy atom. The number of methoxy groups -OCH3 is 2. The molecule has 0 N–H and O–H groups in total. The van der Waals surface area contributed by atoms with Gasteiger partial charge in [0.2, 0.25) is 0 Å². The lowest BCUT2D eigenvalue weighted by Gasteiger charge is -2.18. The highest BCUT2D eigenvalue weighted by Gasteiger charge is 2.18. The van der Waals surface area contributed by atoms with Crippen LogP contribution in [-0.2, 0) is 16.3 Å². The van der Waals surface area contributed by atoms with E-state index in [4.69, 9.17) is 9.47 Å². The molecule has 0 bridgehead atoms. The van der Waals surface area contributed by atoms with Gasteiger partial charge >= 0.3 is 0 Å². The third-order valence-electron chi connectivity index (χ3n) is 5.07. The molecule has 152 valence electrons. The molecule has 3 rings (SSSR count). The molecular formula is C24H26O4S. The molecule has 0 spiro atoms. The van der Waals surface area contributed by atoms with Gasteiger partial charge < -0.3 is 9.47 Å². The molecule has 0 saturated carbocycles. The van der Waals surface area contributed by atoms with Crippen molar-refractivity contribution in [3.8, 4) is 11.5 Å². The summed E-state index contributed by atoms with van der Waals surface area (Å²) in [6.07, 6.45) is 2.52. The normalized spacial score (nSPS) is 12.2. The summed E-state index contributed by atoms with van der Waals surface area (Å²) in [6.45, 7) is 3.85. The fourth-order valence-corrected chi connectivity index (χ4v) is 5.09. The number of hydrogen-bond donors (Lipinski definition) is 0. The van der Waals surface area contributed by atoms with Crippen LogP contribution in [0, 0.1) is 6.92 Å². The molecule has 5 heteroatoms. The van der Waals surface area contributed by atoms with Crippen molar-refractivity contribution in [2.75, 3.05) is 20.0 Å². The smallest absolute Gasteiger partial charge is 0.182 e. The van der Waals surface area contributed by atoms with Crippen molar-refractivity contribution >= 4 is 20.6 Å². The number of allylic oxidation sites excluding steroid dienone is 1. The van der Waals surface area contributed by atoms with Crippen LogP contribution in [0.1, 0.15) is 18.1 Å². The molecule has 3 aromatic carbocycles. The van der Waals surface area contributed by atoms with Gasteiger partial charge in [-0.2, -0.15) is 0 Å². The van der Waals surface area contributed by atoms with Gasteiger partial charge in [-0.3, -0.25) is 0 Å². The maximum absolute atomic E-state index is 12.6. The van der Waals surface area contributed by atoms with Crippen molar-refractivity contribution in [1.29, 1.82) is 0 Å². The monoisotopic (exact) mass is 410 g/mol. The van der Waals surface area contributed by atoms with E-state index in [0.717, 1.165) is 39.0 Å². The number of fused-ring (bicyclic) bond motifs is 1. The van der Waals surface area contributed by atoms with Gasteiger partial charge in [0, 0.05) is 16.3 Å². The van der Waals surface area contributed by atoms with Gasteiger partial charge in [-0.05, 0) is 38.0 Å². The van der Waals surface area contributed by atoms with Gasteiger partial charge in [-0.25, -0.2) is 8.42 Å². The first-order chi connectivity index (χ1) is 13.9. The third kappa shape index (κ3) is 4.30. The van der Waals surface area contributed by atoms with Crippen LogP contribution in [-0.4, -0.2) is 28.4 Å². The van der Waals surface area contributed by atoms with Crippen LogP contribution in [0.5, 0.6) is 11.5 Å². The summed E-state index contributed by atoms with van der Waals surface area (Å²) in [5, 5.41) is 1.98. The van der Waals surface area contributed by atoms with Gasteiger partial charge in [0.25, 0.3) is 0 Å². The number of hydrogen-bond acceptors (Lipinski definition) is 4. The van der Waals surface area contributed by atoms with E-state index in [9.17, 15) is 8.42 Å². The van der Waals surface area contributed by atoms with Gasteiger partial charge in [-0.1, -0.05) is 54.1 Å². The summed E-state index contributed by atoms with van der Waals surface area (Å²) < 4.78 is 36.7. The second-order valence-corrected chi connectivity index (χ2v) is 9.03. The van der Waals surface area contributed by atoms with E-state index in [1.54, 1.807) is 38.5 Å². The summed E-state index contributed by atoms with van der Waals surface area (Å²) in [4.78, 5) is 0.342. The first kappa shape index (κ1) is 20.9. The first-order valence-electron chi connectivity index (χ1n) is 9.44. The molecule has 0 radical (unpaired) electrons. The summed E-state index contributed by atoms with van der Waals surface area (Å²) in [5.74, 6) is 1.61. The molecule has 0 saturated heterocycles. The fraction of sp³-hybridized carbons (Fsp3) is 0.250. The third-order valence-corrected chi connectivity index (χ3v) is 6.89. The molecule has 0 aliphatic rings. The summed E-state index contributed by atoms with van der Waals surface area (Å²) in [5.41, 5.74) is 2.79. The number of ether oxygens (including phenoxy) is 2. The Balaban J connectivity index is 1.97. The zero-order valence-corrected chi connectivity index (χ0v) is 18.0. The average Bonchev–Trinajstić information content (AvgIpc) is 2.72. The minimum atomic E-state index is -3.36. The van der Waals surface area contributed by atoms with E-state index < -0.39 is 9.84 Å². The van der Waals surface area contributed by atoms with E-state index in [0.29, 0.717) is 11.3 Å². The van der Waals surface area contributed by atoms with E-state index >= 15 is 0 Å². The van der Waals surface area contributed by atoms with Crippen molar-refractivity contribution in [2.45, 2.75) is 25.2 Å².